The average molecular weight is 463 g/mol. The fourth-order valence-corrected chi connectivity index (χ4v) is 5.67. The van der Waals surface area contributed by atoms with Gasteiger partial charge in [-0.2, -0.15) is 0 Å². The second kappa shape index (κ2) is 8.72. The van der Waals surface area contributed by atoms with Gasteiger partial charge in [0.25, 0.3) is 5.91 Å². The Hall–Kier alpha value is -2.03. The number of nitrogens with zero attached hydrogens (tertiary/aromatic N) is 1. The number of likely N-dealkylation sites (tertiary alicyclic amines) is 1. The van der Waals surface area contributed by atoms with Crippen LogP contribution in [0.1, 0.15) is 24.8 Å². The van der Waals surface area contributed by atoms with E-state index in [-0.39, 0.29) is 23.4 Å². The van der Waals surface area contributed by atoms with Crippen molar-refractivity contribution in [3.8, 4) is 11.1 Å². The summed E-state index contributed by atoms with van der Waals surface area (Å²) in [6.07, 6.45) is 2.45. The van der Waals surface area contributed by atoms with Crippen molar-refractivity contribution in [2.75, 3.05) is 19.2 Å². The molecule has 3 atom stereocenters. The van der Waals surface area contributed by atoms with E-state index >= 15 is 4.39 Å². The molecule has 3 unspecified atom stereocenters. The van der Waals surface area contributed by atoms with Gasteiger partial charge in [-0.3, -0.25) is 9.52 Å². The zero-order valence-electron chi connectivity index (χ0n) is 17.5. The Balaban J connectivity index is 1.47. The lowest BCUT2D eigenvalue weighted by Crippen LogP contribution is -2.51. The molecular formula is C24H25F3N2O2S. The average Bonchev–Trinajstić information content (AvgIpc) is 3.45. The number of carbonyl (C=O) groups excluding carboxylic acids is 1. The third kappa shape index (κ3) is 3.93. The SMILES string of the molecule is O=C(C1CCO1)N1CC2(CC2)C(NSCF)C1Cc1cccc(-c2cccc(F)c2)c1F. The second-order valence-electron chi connectivity index (χ2n) is 8.89. The third-order valence-electron chi connectivity index (χ3n) is 6.99. The Kier molecular flexibility index (Phi) is 5.94. The minimum atomic E-state index is -0.581. The van der Waals surface area contributed by atoms with Crippen LogP contribution in [0.4, 0.5) is 13.2 Å². The highest BCUT2D eigenvalue weighted by Gasteiger charge is 2.61. The molecule has 2 aromatic rings. The highest BCUT2D eigenvalue weighted by atomic mass is 32.2. The van der Waals surface area contributed by atoms with Crippen LogP contribution in [0.25, 0.3) is 11.1 Å². The van der Waals surface area contributed by atoms with Crippen LogP contribution in [0, 0.1) is 17.0 Å². The molecule has 3 aliphatic rings. The van der Waals surface area contributed by atoms with Crippen LogP contribution in [-0.4, -0.2) is 48.2 Å². The number of halogens is 3. The molecule has 0 bridgehead atoms. The van der Waals surface area contributed by atoms with Crippen molar-refractivity contribution in [1.29, 1.82) is 0 Å². The molecule has 1 spiro atoms. The van der Waals surface area contributed by atoms with Crippen molar-refractivity contribution in [2.45, 2.75) is 43.9 Å². The first kappa shape index (κ1) is 21.8. The van der Waals surface area contributed by atoms with E-state index in [0.717, 1.165) is 24.8 Å². The Morgan fingerprint density at radius 2 is 2.00 bits per heavy atom. The number of hydrogen-bond donors (Lipinski definition) is 1. The Labute approximate surface area is 189 Å². The molecule has 2 aromatic carbocycles. The number of amides is 1. The molecule has 0 radical (unpaired) electrons. The predicted molar refractivity (Wildman–Crippen MR) is 118 cm³/mol. The summed E-state index contributed by atoms with van der Waals surface area (Å²) < 4.78 is 50.9. The summed E-state index contributed by atoms with van der Waals surface area (Å²) in [5.74, 6) is -0.911. The molecule has 3 fully saturated rings. The topological polar surface area (TPSA) is 41.6 Å². The maximum Gasteiger partial charge on any atom is 0.252 e. The number of ether oxygens (including phenoxy) is 1. The van der Waals surface area contributed by atoms with E-state index in [0.29, 0.717) is 42.7 Å². The van der Waals surface area contributed by atoms with Gasteiger partial charge in [-0.25, -0.2) is 13.2 Å². The van der Waals surface area contributed by atoms with E-state index < -0.39 is 23.7 Å². The smallest absolute Gasteiger partial charge is 0.252 e. The molecule has 32 heavy (non-hydrogen) atoms. The van der Waals surface area contributed by atoms with Gasteiger partial charge in [0.1, 0.15) is 23.7 Å². The minimum Gasteiger partial charge on any atom is -0.368 e. The molecule has 2 aliphatic heterocycles. The summed E-state index contributed by atoms with van der Waals surface area (Å²) in [5.41, 5.74) is 1.15. The quantitative estimate of drug-likeness (QED) is 0.616. The van der Waals surface area contributed by atoms with Crippen molar-refractivity contribution >= 4 is 17.9 Å². The highest BCUT2D eigenvalue weighted by molar-refractivity contribution is 7.97. The molecular weight excluding hydrogens is 437 g/mol. The number of rotatable bonds is 7. The van der Waals surface area contributed by atoms with E-state index in [9.17, 15) is 13.6 Å². The maximum atomic E-state index is 15.6. The molecule has 5 rings (SSSR count). The van der Waals surface area contributed by atoms with Crippen molar-refractivity contribution in [3.63, 3.8) is 0 Å². The lowest BCUT2D eigenvalue weighted by atomic mass is 9.91. The number of nitrogens with one attached hydrogen (secondary N) is 1. The Morgan fingerprint density at radius 1 is 1.22 bits per heavy atom. The van der Waals surface area contributed by atoms with Gasteiger partial charge in [-0.15, -0.1) is 0 Å². The molecule has 1 amide bonds. The van der Waals surface area contributed by atoms with Gasteiger partial charge in [0.15, 0.2) is 0 Å². The van der Waals surface area contributed by atoms with Crippen LogP contribution >= 0.6 is 11.9 Å². The third-order valence-corrected chi connectivity index (χ3v) is 7.52. The van der Waals surface area contributed by atoms with Crippen molar-refractivity contribution in [1.82, 2.24) is 9.62 Å². The lowest BCUT2D eigenvalue weighted by molar-refractivity contribution is -0.157. The Morgan fingerprint density at radius 3 is 2.66 bits per heavy atom. The summed E-state index contributed by atoms with van der Waals surface area (Å²) in [5, 5.41) is 0. The summed E-state index contributed by atoms with van der Waals surface area (Å²) in [4.78, 5) is 15.0. The van der Waals surface area contributed by atoms with Crippen LogP contribution in [0.5, 0.6) is 0 Å². The van der Waals surface area contributed by atoms with Crippen LogP contribution < -0.4 is 4.72 Å². The van der Waals surface area contributed by atoms with Gasteiger partial charge in [0.05, 0.1) is 12.6 Å². The first-order chi connectivity index (χ1) is 15.5. The van der Waals surface area contributed by atoms with E-state index in [1.807, 2.05) is 4.90 Å². The van der Waals surface area contributed by atoms with E-state index in [1.54, 1.807) is 30.3 Å². The van der Waals surface area contributed by atoms with E-state index in [4.69, 9.17) is 4.74 Å². The molecule has 2 saturated heterocycles. The maximum absolute atomic E-state index is 15.6. The summed E-state index contributed by atoms with van der Waals surface area (Å²) in [6, 6.07) is 9.91. The van der Waals surface area contributed by atoms with Gasteiger partial charge in [0, 0.05) is 30.0 Å². The Bertz CT molecular complexity index is 1010. The normalized spacial score (nSPS) is 25.7. The van der Waals surface area contributed by atoms with Crippen molar-refractivity contribution in [3.05, 3.63) is 59.7 Å². The molecule has 2 heterocycles. The van der Waals surface area contributed by atoms with Gasteiger partial charge in [0.2, 0.25) is 0 Å². The number of benzene rings is 2. The standard InChI is InChI=1S/C24H25F3N2O2S/c25-14-32-28-22-19(29(13-24(22)8-9-24)23(30)20-7-10-31-20)12-16-4-2-6-18(21(16)27)15-3-1-5-17(26)11-15/h1-6,11,19-20,22,28H,7-10,12-14H2. The minimum absolute atomic E-state index is 0.0660. The molecule has 1 N–H and O–H groups in total. The monoisotopic (exact) mass is 462 g/mol. The van der Waals surface area contributed by atoms with Crippen LogP contribution in [-0.2, 0) is 16.0 Å². The lowest BCUT2D eigenvalue weighted by Gasteiger charge is -2.34. The molecule has 8 heteroatoms. The van der Waals surface area contributed by atoms with Crippen molar-refractivity contribution in [2.24, 2.45) is 5.41 Å². The molecule has 1 aliphatic carbocycles. The number of carbonyl (C=O) groups is 1. The summed E-state index contributed by atoms with van der Waals surface area (Å²) in [6.45, 7) is 1.15. The van der Waals surface area contributed by atoms with E-state index in [2.05, 4.69) is 4.72 Å². The van der Waals surface area contributed by atoms with Gasteiger partial charge in [-0.1, -0.05) is 30.3 Å². The zero-order chi connectivity index (χ0) is 22.3. The zero-order valence-corrected chi connectivity index (χ0v) is 18.3. The number of alkyl halides is 1. The van der Waals surface area contributed by atoms with E-state index in [1.165, 1.54) is 12.1 Å². The summed E-state index contributed by atoms with van der Waals surface area (Å²) in [7, 11) is 0. The molecule has 4 nitrogen and oxygen atoms in total. The van der Waals surface area contributed by atoms with Gasteiger partial charge in [-0.05, 0) is 54.5 Å². The second-order valence-corrected chi connectivity index (χ2v) is 9.63. The molecule has 0 aromatic heterocycles. The van der Waals surface area contributed by atoms with Crippen LogP contribution in [0.15, 0.2) is 42.5 Å². The molecule has 1 saturated carbocycles. The van der Waals surface area contributed by atoms with Crippen LogP contribution in [0.2, 0.25) is 0 Å². The number of hydrogen-bond acceptors (Lipinski definition) is 4. The fraction of sp³-hybridized carbons (Fsp3) is 0.458. The first-order valence-corrected chi connectivity index (χ1v) is 11.9. The first-order valence-electron chi connectivity index (χ1n) is 10.9. The predicted octanol–water partition coefficient (Wildman–Crippen LogP) is 4.49. The largest absolute Gasteiger partial charge is 0.368 e. The summed E-state index contributed by atoms with van der Waals surface area (Å²) >= 11 is 0.988. The van der Waals surface area contributed by atoms with Gasteiger partial charge < -0.3 is 9.64 Å². The van der Waals surface area contributed by atoms with Gasteiger partial charge >= 0.3 is 0 Å². The molecule has 170 valence electrons. The fourth-order valence-electron chi connectivity index (χ4n) is 5.02. The highest BCUT2D eigenvalue weighted by Crippen LogP contribution is 2.56. The van der Waals surface area contributed by atoms with Crippen LogP contribution in [0.3, 0.4) is 0 Å². The van der Waals surface area contributed by atoms with Crippen molar-refractivity contribution < 1.29 is 22.7 Å².